The Balaban J connectivity index is 1.97. The molecule has 2 aromatic heterocycles. The van der Waals surface area contributed by atoms with Crippen molar-refractivity contribution in [3.05, 3.63) is 53.6 Å². The third kappa shape index (κ3) is 4.77. The second kappa shape index (κ2) is 9.23. The molecule has 3 rings (SSSR count). The highest BCUT2D eigenvalue weighted by atomic mass is 35.5. The van der Waals surface area contributed by atoms with E-state index in [0.717, 1.165) is 6.08 Å². The zero-order chi connectivity index (χ0) is 21.8. The predicted octanol–water partition coefficient (Wildman–Crippen LogP) is 2.27. The van der Waals surface area contributed by atoms with Crippen LogP contribution in [0.25, 0.3) is 11.4 Å². The highest BCUT2D eigenvalue weighted by Crippen LogP contribution is 2.31. The molecule has 11 heteroatoms. The summed E-state index contributed by atoms with van der Waals surface area (Å²) in [6.45, 7) is 3.20. The molecule has 1 aliphatic rings. The normalized spacial score (nSPS) is 18.9. The Hall–Kier alpha value is -2.98. The summed E-state index contributed by atoms with van der Waals surface area (Å²) in [4.78, 5) is 37.3. The Morgan fingerprint density at radius 1 is 1.30 bits per heavy atom. The quantitative estimate of drug-likeness (QED) is 0.569. The van der Waals surface area contributed by atoms with Crippen molar-refractivity contribution in [1.29, 1.82) is 0 Å². The number of nitrogens with one attached hydrogen (secondary N) is 1. The summed E-state index contributed by atoms with van der Waals surface area (Å²) in [7, 11) is 1.47. The van der Waals surface area contributed by atoms with Gasteiger partial charge >= 0.3 is 0 Å². The molecule has 0 spiro atoms. The topological polar surface area (TPSA) is 97.3 Å². The van der Waals surface area contributed by atoms with E-state index in [1.165, 1.54) is 30.4 Å². The molecule has 1 aliphatic heterocycles. The molecule has 0 bridgehead atoms. The molecular weight excluding hydrogens is 420 g/mol. The van der Waals surface area contributed by atoms with Gasteiger partial charge in [0.15, 0.2) is 0 Å². The van der Waals surface area contributed by atoms with E-state index in [9.17, 15) is 18.4 Å². The van der Waals surface area contributed by atoms with Crippen LogP contribution >= 0.6 is 11.6 Å². The SMILES string of the molecule is C=CC(=O)N1C[C@H](c2cc(Cl)nc(-c3cc(C(=O)NC)ncn3)c2)O[C@@H](C(F)F)C1. The maximum atomic E-state index is 13.3. The molecule has 0 radical (unpaired) electrons. The molecule has 2 amide bonds. The number of carbonyl (C=O) groups excluding carboxylic acids is 2. The number of ether oxygens (including phenoxy) is 1. The second-order valence-corrected chi connectivity index (χ2v) is 6.81. The third-order valence-corrected chi connectivity index (χ3v) is 4.66. The highest BCUT2D eigenvalue weighted by molar-refractivity contribution is 6.29. The van der Waals surface area contributed by atoms with Gasteiger partial charge in [0.1, 0.15) is 29.4 Å². The highest BCUT2D eigenvalue weighted by Gasteiger charge is 2.35. The van der Waals surface area contributed by atoms with Crippen molar-refractivity contribution in [1.82, 2.24) is 25.2 Å². The van der Waals surface area contributed by atoms with Crippen molar-refractivity contribution in [3.63, 3.8) is 0 Å². The lowest BCUT2D eigenvalue weighted by molar-refractivity contribution is -0.159. The Morgan fingerprint density at radius 3 is 2.73 bits per heavy atom. The van der Waals surface area contributed by atoms with Gasteiger partial charge in [0.2, 0.25) is 5.91 Å². The number of rotatable bonds is 5. The average molecular weight is 438 g/mol. The van der Waals surface area contributed by atoms with Gasteiger partial charge in [-0.2, -0.15) is 0 Å². The fraction of sp³-hybridized carbons (Fsp3) is 0.316. The number of pyridine rings is 1. The first kappa shape index (κ1) is 21.7. The van der Waals surface area contributed by atoms with Crippen LogP contribution in [0.3, 0.4) is 0 Å². The van der Waals surface area contributed by atoms with E-state index in [1.54, 1.807) is 6.07 Å². The lowest BCUT2D eigenvalue weighted by atomic mass is 10.1. The van der Waals surface area contributed by atoms with Crippen LogP contribution in [0.5, 0.6) is 0 Å². The van der Waals surface area contributed by atoms with E-state index in [-0.39, 0.29) is 23.9 Å². The minimum absolute atomic E-state index is 0.0428. The first-order chi connectivity index (χ1) is 14.3. The molecule has 2 atom stereocenters. The molecule has 30 heavy (non-hydrogen) atoms. The maximum Gasteiger partial charge on any atom is 0.269 e. The smallest absolute Gasteiger partial charge is 0.269 e. The number of hydrogen-bond acceptors (Lipinski definition) is 6. The third-order valence-electron chi connectivity index (χ3n) is 4.47. The zero-order valence-electron chi connectivity index (χ0n) is 15.9. The second-order valence-electron chi connectivity index (χ2n) is 6.42. The van der Waals surface area contributed by atoms with Gasteiger partial charge in [0.05, 0.1) is 24.5 Å². The molecule has 1 fully saturated rings. The number of amides is 2. The van der Waals surface area contributed by atoms with Crippen molar-refractivity contribution in [2.24, 2.45) is 0 Å². The van der Waals surface area contributed by atoms with E-state index in [0.29, 0.717) is 17.0 Å². The van der Waals surface area contributed by atoms with Crippen LogP contribution in [0.2, 0.25) is 5.15 Å². The molecule has 8 nitrogen and oxygen atoms in total. The largest absolute Gasteiger partial charge is 0.361 e. The van der Waals surface area contributed by atoms with Crippen LogP contribution in [-0.2, 0) is 9.53 Å². The summed E-state index contributed by atoms with van der Waals surface area (Å²) in [6, 6.07) is 4.47. The molecule has 3 heterocycles. The molecule has 2 aromatic rings. The monoisotopic (exact) mass is 437 g/mol. The molecule has 1 N–H and O–H groups in total. The molecule has 0 aliphatic carbocycles. The maximum absolute atomic E-state index is 13.3. The van der Waals surface area contributed by atoms with E-state index in [4.69, 9.17) is 16.3 Å². The lowest BCUT2D eigenvalue weighted by Gasteiger charge is -2.37. The predicted molar refractivity (Wildman–Crippen MR) is 104 cm³/mol. The molecule has 1 saturated heterocycles. The zero-order valence-corrected chi connectivity index (χ0v) is 16.6. The van der Waals surface area contributed by atoms with Crippen molar-refractivity contribution in [2.45, 2.75) is 18.6 Å². The number of halogens is 3. The van der Waals surface area contributed by atoms with Crippen LogP contribution < -0.4 is 5.32 Å². The molecule has 158 valence electrons. The van der Waals surface area contributed by atoms with E-state index in [2.05, 4.69) is 26.8 Å². The average Bonchev–Trinajstić information content (AvgIpc) is 2.77. The fourth-order valence-electron chi connectivity index (χ4n) is 3.00. The molecular formula is C19H18ClF2N5O3. The summed E-state index contributed by atoms with van der Waals surface area (Å²) >= 11 is 6.14. The van der Waals surface area contributed by atoms with Crippen LogP contribution in [0.1, 0.15) is 22.2 Å². The number of nitrogens with zero attached hydrogens (tertiary/aromatic N) is 4. The van der Waals surface area contributed by atoms with Crippen molar-refractivity contribution in [2.75, 3.05) is 20.1 Å². The Labute approximate surface area is 175 Å². The first-order valence-corrected chi connectivity index (χ1v) is 9.27. The Kier molecular flexibility index (Phi) is 6.68. The lowest BCUT2D eigenvalue weighted by Crippen LogP contribution is -2.48. The fourth-order valence-corrected chi connectivity index (χ4v) is 3.22. The molecule has 0 aromatic carbocycles. The van der Waals surface area contributed by atoms with Gasteiger partial charge < -0.3 is 15.0 Å². The standard InChI is InChI=1S/C19H18ClF2N5O3/c1-3-17(28)27-7-14(30-15(8-27)18(21)22)10-4-12(26-16(20)5-10)11-6-13(19(29)23-2)25-9-24-11/h3-6,9,14-15,18H,1,7-8H2,2H3,(H,23,29)/t14-,15-/m1/s1. The minimum atomic E-state index is -2.78. The van der Waals surface area contributed by atoms with Gasteiger partial charge in [-0.15, -0.1) is 0 Å². The Bertz CT molecular complexity index is 975. The van der Waals surface area contributed by atoms with Crippen molar-refractivity contribution < 1.29 is 23.1 Å². The summed E-state index contributed by atoms with van der Waals surface area (Å²) in [5.74, 6) is -0.879. The molecule has 0 saturated carbocycles. The van der Waals surface area contributed by atoms with Crippen LogP contribution in [-0.4, -0.2) is 64.3 Å². The van der Waals surface area contributed by atoms with Crippen LogP contribution in [0, 0.1) is 0 Å². The number of morpholine rings is 1. The number of aromatic nitrogens is 3. The first-order valence-electron chi connectivity index (χ1n) is 8.89. The van der Waals surface area contributed by atoms with Gasteiger partial charge in [0, 0.05) is 7.05 Å². The summed E-state index contributed by atoms with van der Waals surface area (Å²) in [5, 5.41) is 2.53. The van der Waals surface area contributed by atoms with E-state index < -0.39 is 30.4 Å². The summed E-state index contributed by atoms with van der Waals surface area (Å²) in [5.41, 5.74) is 1.18. The van der Waals surface area contributed by atoms with E-state index in [1.807, 2.05) is 0 Å². The van der Waals surface area contributed by atoms with Crippen LogP contribution in [0.4, 0.5) is 8.78 Å². The number of carbonyl (C=O) groups is 2. The number of hydrogen-bond donors (Lipinski definition) is 1. The minimum Gasteiger partial charge on any atom is -0.361 e. The Morgan fingerprint density at radius 2 is 2.07 bits per heavy atom. The van der Waals surface area contributed by atoms with Crippen molar-refractivity contribution in [3.8, 4) is 11.4 Å². The van der Waals surface area contributed by atoms with Gasteiger partial charge in [-0.25, -0.2) is 23.7 Å². The van der Waals surface area contributed by atoms with E-state index >= 15 is 0 Å². The van der Waals surface area contributed by atoms with Crippen LogP contribution in [0.15, 0.2) is 37.2 Å². The van der Waals surface area contributed by atoms with Gasteiger partial charge in [-0.05, 0) is 29.8 Å². The summed E-state index contributed by atoms with van der Waals surface area (Å²) in [6.07, 6.45) is -2.82. The summed E-state index contributed by atoms with van der Waals surface area (Å²) < 4.78 is 32.2. The number of alkyl halides is 2. The van der Waals surface area contributed by atoms with Gasteiger partial charge in [-0.3, -0.25) is 9.59 Å². The van der Waals surface area contributed by atoms with Gasteiger partial charge in [-0.1, -0.05) is 18.2 Å². The van der Waals surface area contributed by atoms with Crippen molar-refractivity contribution >= 4 is 23.4 Å². The van der Waals surface area contributed by atoms with Gasteiger partial charge in [0.25, 0.3) is 12.3 Å². The molecule has 0 unspecified atom stereocenters.